The van der Waals surface area contributed by atoms with E-state index in [2.05, 4.69) is 0 Å². The number of rotatable bonds is 1. The average Bonchev–Trinajstić information content (AvgIpc) is 2.67. The van der Waals surface area contributed by atoms with Gasteiger partial charge in [-0.15, -0.1) is 0 Å². The average molecular weight is 360 g/mol. The Hall–Kier alpha value is -2.24. The number of carbonyl (C=O) groups is 2. The van der Waals surface area contributed by atoms with Crippen LogP contribution >= 0.6 is 0 Å². The van der Waals surface area contributed by atoms with Crippen LogP contribution in [0, 0.1) is 11.3 Å². The van der Waals surface area contributed by atoms with Gasteiger partial charge in [0.25, 0.3) is 0 Å². The Morgan fingerprint density at radius 2 is 1.77 bits per heavy atom. The van der Waals surface area contributed by atoms with Gasteiger partial charge in [0, 0.05) is 29.9 Å². The van der Waals surface area contributed by atoms with Crippen molar-refractivity contribution in [1.29, 1.82) is 0 Å². The molecule has 3 N–H and O–H groups in total. The number of aromatic hydroxyl groups is 3. The van der Waals surface area contributed by atoms with E-state index < -0.39 is 16.8 Å². The third-order valence-electron chi connectivity index (χ3n) is 6.74. The summed E-state index contributed by atoms with van der Waals surface area (Å²) in [6.07, 6.45) is 2.29. The molecule has 3 atom stereocenters. The number of hydrogen-bond acceptors (Lipinski definition) is 6. The maximum atomic E-state index is 13.1. The molecule has 0 unspecified atom stereocenters. The third kappa shape index (κ3) is 1.93. The second kappa shape index (κ2) is 5.15. The molecule has 3 aliphatic rings. The quantitative estimate of drug-likeness (QED) is 0.404. The van der Waals surface area contributed by atoms with Crippen LogP contribution in [0.4, 0.5) is 0 Å². The zero-order chi connectivity index (χ0) is 19.0. The first-order valence-electron chi connectivity index (χ1n) is 9.18. The molecule has 140 valence electrons. The molecular formula is C20H24O6. The van der Waals surface area contributed by atoms with Crippen molar-refractivity contribution in [2.45, 2.75) is 64.4 Å². The highest BCUT2D eigenvalue weighted by Crippen LogP contribution is 2.61. The largest absolute Gasteiger partial charge is 0.507 e. The van der Waals surface area contributed by atoms with Gasteiger partial charge in [0.1, 0.15) is 11.4 Å². The highest BCUT2D eigenvalue weighted by molar-refractivity contribution is 6.03. The standard InChI is InChI=1S/C20H24O6/c1-9(2)13-16(23)14-10(15(22)17(13)24)8-20-6-4-5-19(3,18(25)26-20)12(20)7-11(14)21/h9,12,22-24H,4-8H2,1-3H3/t12-,19-,20-/m0/s1. The molecule has 1 heterocycles. The van der Waals surface area contributed by atoms with Crippen molar-refractivity contribution in [3.8, 4) is 17.2 Å². The van der Waals surface area contributed by atoms with E-state index in [4.69, 9.17) is 4.74 Å². The Morgan fingerprint density at radius 1 is 1.08 bits per heavy atom. The van der Waals surface area contributed by atoms with Gasteiger partial charge < -0.3 is 20.1 Å². The Kier molecular flexibility index (Phi) is 3.40. The Labute approximate surface area is 151 Å². The normalized spacial score (nSPS) is 32.8. The fourth-order valence-corrected chi connectivity index (χ4v) is 5.40. The number of benzene rings is 1. The molecule has 1 aromatic carbocycles. The van der Waals surface area contributed by atoms with Crippen molar-refractivity contribution in [3.05, 3.63) is 16.7 Å². The summed E-state index contributed by atoms with van der Waals surface area (Å²) in [5.41, 5.74) is -1.15. The van der Waals surface area contributed by atoms with Crippen molar-refractivity contribution in [2.75, 3.05) is 0 Å². The lowest BCUT2D eigenvalue weighted by molar-refractivity contribution is -0.152. The van der Waals surface area contributed by atoms with Gasteiger partial charge in [0.05, 0.1) is 11.0 Å². The lowest BCUT2D eigenvalue weighted by atomic mass is 9.61. The first-order valence-corrected chi connectivity index (χ1v) is 9.18. The van der Waals surface area contributed by atoms with Crippen LogP contribution in [0.5, 0.6) is 17.2 Å². The molecule has 2 aliphatic carbocycles. The van der Waals surface area contributed by atoms with Gasteiger partial charge in [-0.3, -0.25) is 9.59 Å². The minimum absolute atomic E-state index is 0.0677. The molecule has 0 aromatic heterocycles. The van der Waals surface area contributed by atoms with Gasteiger partial charge in [-0.05, 0) is 32.1 Å². The smallest absolute Gasteiger partial charge is 0.312 e. The topological polar surface area (TPSA) is 104 Å². The molecule has 1 saturated carbocycles. The third-order valence-corrected chi connectivity index (χ3v) is 6.74. The lowest BCUT2D eigenvalue weighted by Crippen LogP contribution is -2.45. The molecule has 2 fully saturated rings. The van der Waals surface area contributed by atoms with E-state index in [1.807, 2.05) is 6.92 Å². The molecular weight excluding hydrogens is 336 g/mol. The predicted octanol–water partition coefficient (Wildman–Crippen LogP) is 3.16. The molecule has 6 heteroatoms. The molecule has 1 aromatic rings. The fourth-order valence-electron chi connectivity index (χ4n) is 5.40. The molecule has 26 heavy (non-hydrogen) atoms. The van der Waals surface area contributed by atoms with E-state index in [1.54, 1.807) is 13.8 Å². The minimum atomic E-state index is -0.860. The Bertz CT molecular complexity index is 841. The zero-order valence-electron chi connectivity index (χ0n) is 15.3. The number of Topliss-reactive ketones (excluding diaryl/α,β-unsaturated/α-hetero) is 1. The lowest BCUT2D eigenvalue weighted by Gasteiger charge is -2.40. The summed E-state index contributed by atoms with van der Waals surface area (Å²) in [5, 5.41) is 31.8. The molecule has 4 rings (SSSR count). The first kappa shape index (κ1) is 17.2. The number of carbonyl (C=O) groups excluding carboxylic acids is 2. The van der Waals surface area contributed by atoms with Crippen LogP contribution in [0.15, 0.2) is 0 Å². The number of esters is 1. The molecule has 0 radical (unpaired) electrons. The SMILES string of the molecule is CC(C)c1c(O)c(O)c2c(c1O)C(=O)C[C@@H]1[C@]3(CCC[C@]1(C)C(=O)O3)C2. The van der Waals surface area contributed by atoms with Crippen molar-refractivity contribution in [2.24, 2.45) is 11.3 Å². The van der Waals surface area contributed by atoms with E-state index in [0.717, 1.165) is 6.42 Å². The van der Waals surface area contributed by atoms with Gasteiger partial charge >= 0.3 is 5.97 Å². The summed E-state index contributed by atoms with van der Waals surface area (Å²) in [4.78, 5) is 25.6. The van der Waals surface area contributed by atoms with E-state index in [0.29, 0.717) is 12.8 Å². The number of phenolic OH excluding ortho intramolecular Hbond substituents is 3. The number of hydrogen-bond donors (Lipinski definition) is 3. The van der Waals surface area contributed by atoms with Crippen LogP contribution in [0.2, 0.25) is 0 Å². The summed E-state index contributed by atoms with van der Waals surface area (Å²) in [6.45, 7) is 5.39. The highest BCUT2D eigenvalue weighted by atomic mass is 16.6. The van der Waals surface area contributed by atoms with Crippen LogP contribution < -0.4 is 0 Å². The zero-order valence-corrected chi connectivity index (χ0v) is 15.3. The molecule has 0 spiro atoms. The maximum Gasteiger partial charge on any atom is 0.312 e. The van der Waals surface area contributed by atoms with Gasteiger partial charge in [0.15, 0.2) is 17.3 Å². The predicted molar refractivity (Wildman–Crippen MR) is 92.4 cm³/mol. The van der Waals surface area contributed by atoms with Crippen LogP contribution in [-0.4, -0.2) is 32.7 Å². The summed E-state index contributed by atoms with van der Waals surface area (Å²) in [7, 11) is 0. The Balaban J connectivity index is 1.96. The van der Waals surface area contributed by atoms with Gasteiger partial charge in [-0.2, -0.15) is 0 Å². The van der Waals surface area contributed by atoms with Crippen molar-refractivity contribution >= 4 is 11.8 Å². The number of ketones is 1. The minimum Gasteiger partial charge on any atom is -0.507 e. The molecule has 0 amide bonds. The Morgan fingerprint density at radius 3 is 2.42 bits per heavy atom. The monoisotopic (exact) mass is 360 g/mol. The van der Waals surface area contributed by atoms with E-state index in [1.165, 1.54) is 0 Å². The van der Waals surface area contributed by atoms with Crippen molar-refractivity contribution in [1.82, 2.24) is 0 Å². The summed E-state index contributed by atoms with van der Waals surface area (Å²) in [6, 6.07) is 0. The summed E-state index contributed by atoms with van der Waals surface area (Å²) in [5.74, 6) is -2.22. The molecule has 2 bridgehead atoms. The second-order valence-corrected chi connectivity index (χ2v) is 8.55. The number of fused-ring (bicyclic) bond motifs is 1. The van der Waals surface area contributed by atoms with Crippen LogP contribution in [0.25, 0.3) is 0 Å². The maximum absolute atomic E-state index is 13.1. The molecule has 1 aliphatic heterocycles. The van der Waals surface area contributed by atoms with Crippen LogP contribution in [0.3, 0.4) is 0 Å². The fraction of sp³-hybridized carbons (Fsp3) is 0.600. The second-order valence-electron chi connectivity index (χ2n) is 8.55. The summed E-state index contributed by atoms with van der Waals surface area (Å²) < 4.78 is 5.81. The molecule has 1 saturated heterocycles. The van der Waals surface area contributed by atoms with Gasteiger partial charge in [-0.25, -0.2) is 0 Å². The van der Waals surface area contributed by atoms with Crippen molar-refractivity contribution in [3.63, 3.8) is 0 Å². The van der Waals surface area contributed by atoms with Crippen LogP contribution in [0.1, 0.15) is 73.9 Å². The van der Waals surface area contributed by atoms with Crippen molar-refractivity contribution < 1.29 is 29.6 Å². The first-order chi connectivity index (χ1) is 12.1. The summed E-state index contributed by atoms with van der Waals surface area (Å²) >= 11 is 0. The van der Waals surface area contributed by atoms with E-state index in [9.17, 15) is 24.9 Å². The van der Waals surface area contributed by atoms with Gasteiger partial charge in [-0.1, -0.05) is 13.8 Å². The number of ether oxygens (including phenoxy) is 1. The highest BCUT2D eigenvalue weighted by Gasteiger charge is 2.65. The van der Waals surface area contributed by atoms with Gasteiger partial charge in [0.2, 0.25) is 0 Å². The van der Waals surface area contributed by atoms with E-state index in [-0.39, 0.29) is 64.6 Å². The van der Waals surface area contributed by atoms with Crippen LogP contribution in [-0.2, 0) is 16.0 Å². The molecule has 6 nitrogen and oxygen atoms in total. The number of phenols is 3. The van der Waals surface area contributed by atoms with E-state index >= 15 is 0 Å².